The Balaban J connectivity index is 2.61. The van der Waals surface area contributed by atoms with Crippen LogP contribution in [0.4, 0.5) is 0 Å². The number of amides is 1. The van der Waals surface area contributed by atoms with E-state index in [1.165, 1.54) is 0 Å². The molecule has 104 valence electrons. The molecule has 1 atom stereocenters. The molecule has 0 spiro atoms. The average Bonchev–Trinajstić information content (AvgIpc) is 2.35. The summed E-state index contributed by atoms with van der Waals surface area (Å²) < 4.78 is 0. The standard InChI is InChI=1S/C13H25N3OS/c1-4-5-11(12(14)18)13(17)16(3)10-6-8-15(2)9-7-10/h10-11H,4-9H2,1-3H3,(H2,14,18). The number of nitrogens with zero attached hydrogens (tertiary/aromatic N) is 2. The fraction of sp³-hybridized carbons (Fsp3) is 0.846. The Kier molecular flexibility index (Phi) is 6.02. The fourth-order valence-corrected chi connectivity index (χ4v) is 2.70. The van der Waals surface area contributed by atoms with E-state index in [1.54, 1.807) is 0 Å². The Bertz CT molecular complexity index is 301. The topological polar surface area (TPSA) is 49.6 Å². The predicted octanol–water partition coefficient (Wildman–Crippen LogP) is 1.24. The molecule has 2 N–H and O–H groups in total. The molecular weight excluding hydrogens is 246 g/mol. The highest BCUT2D eigenvalue weighted by Crippen LogP contribution is 2.18. The fourth-order valence-electron chi connectivity index (χ4n) is 2.48. The first-order valence-corrected chi connectivity index (χ1v) is 7.12. The molecule has 0 radical (unpaired) electrons. The van der Waals surface area contributed by atoms with Crippen LogP contribution in [0.5, 0.6) is 0 Å². The van der Waals surface area contributed by atoms with Crippen LogP contribution >= 0.6 is 12.2 Å². The van der Waals surface area contributed by atoms with Crippen LogP contribution in [0, 0.1) is 5.92 Å². The third-order valence-corrected chi connectivity index (χ3v) is 4.09. The van der Waals surface area contributed by atoms with E-state index >= 15 is 0 Å². The molecule has 1 aliphatic rings. The van der Waals surface area contributed by atoms with Crippen LogP contribution in [-0.4, -0.2) is 53.9 Å². The smallest absolute Gasteiger partial charge is 0.232 e. The Labute approximate surface area is 115 Å². The van der Waals surface area contributed by atoms with Crippen molar-refractivity contribution in [2.75, 3.05) is 27.2 Å². The third-order valence-electron chi connectivity index (χ3n) is 3.80. The van der Waals surface area contributed by atoms with Gasteiger partial charge in [-0.15, -0.1) is 0 Å². The largest absolute Gasteiger partial charge is 0.393 e. The van der Waals surface area contributed by atoms with Crippen molar-refractivity contribution in [3.05, 3.63) is 0 Å². The number of rotatable bonds is 5. The Hall–Kier alpha value is -0.680. The van der Waals surface area contributed by atoms with Crippen molar-refractivity contribution in [2.24, 2.45) is 11.7 Å². The van der Waals surface area contributed by atoms with E-state index < -0.39 is 0 Å². The number of likely N-dealkylation sites (tertiary alicyclic amines) is 1. The molecule has 0 bridgehead atoms. The van der Waals surface area contributed by atoms with E-state index in [-0.39, 0.29) is 11.8 Å². The van der Waals surface area contributed by atoms with E-state index in [0.717, 1.165) is 38.8 Å². The van der Waals surface area contributed by atoms with Gasteiger partial charge in [0.1, 0.15) is 0 Å². The van der Waals surface area contributed by atoms with Gasteiger partial charge in [0.25, 0.3) is 0 Å². The zero-order valence-corrected chi connectivity index (χ0v) is 12.5. The van der Waals surface area contributed by atoms with Gasteiger partial charge >= 0.3 is 0 Å². The maximum Gasteiger partial charge on any atom is 0.232 e. The van der Waals surface area contributed by atoms with Crippen LogP contribution in [-0.2, 0) is 4.79 Å². The monoisotopic (exact) mass is 271 g/mol. The SMILES string of the molecule is CCCC(C(=O)N(C)C1CCN(C)CC1)C(N)=S. The van der Waals surface area contributed by atoms with Crippen molar-refractivity contribution < 1.29 is 4.79 Å². The molecule has 0 aliphatic carbocycles. The van der Waals surface area contributed by atoms with Gasteiger partial charge in [0.05, 0.1) is 10.9 Å². The Morgan fingerprint density at radius 1 is 1.50 bits per heavy atom. The van der Waals surface area contributed by atoms with E-state index in [2.05, 4.69) is 11.9 Å². The second-order valence-corrected chi connectivity index (χ2v) is 5.70. The maximum absolute atomic E-state index is 12.4. The summed E-state index contributed by atoms with van der Waals surface area (Å²) in [6.07, 6.45) is 3.75. The van der Waals surface area contributed by atoms with Crippen molar-refractivity contribution in [1.82, 2.24) is 9.80 Å². The molecule has 1 saturated heterocycles. The third kappa shape index (κ3) is 3.92. The summed E-state index contributed by atoms with van der Waals surface area (Å²) >= 11 is 5.02. The number of thiocarbonyl (C=S) groups is 1. The summed E-state index contributed by atoms with van der Waals surface area (Å²) in [6.45, 7) is 4.15. The van der Waals surface area contributed by atoms with Crippen molar-refractivity contribution in [3.63, 3.8) is 0 Å². The molecule has 1 fully saturated rings. The van der Waals surface area contributed by atoms with Gasteiger partial charge in [0.2, 0.25) is 5.91 Å². The van der Waals surface area contributed by atoms with Gasteiger partial charge in [-0.05, 0) is 39.4 Å². The number of hydrogen-bond donors (Lipinski definition) is 1. The Morgan fingerprint density at radius 2 is 2.06 bits per heavy atom. The lowest BCUT2D eigenvalue weighted by Gasteiger charge is -2.36. The van der Waals surface area contributed by atoms with Gasteiger partial charge in [-0.3, -0.25) is 4.79 Å². The summed E-state index contributed by atoms with van der Waals surface area (Å²) in [5, 5.41) is 0. The van der Waals surface area contributed by atoms with Crippen molar-refractivity contribution in [2.45, 2.75) is 38.6 Å². The first-order valence-electron chi connectivity index (χ1n) is 6.71. The van der Waals surface area contributed by atoms with Crippen LogP contribution < -0.4 is 5.73 Å². The summed E-state index contributed by atoms with van der Waals surface area (Å²) in [5.74, 6) is -0.187. The summed E-state index contributed by atoms with van der Waals surface area (Å²) in [4.78, 5) is 16.9. The molecule has 5 heteroatoms. The van der Waals surface area contributed by atoms with Crippen LogP contribution in [0.1, 0.15) is 32.6 Å². The summed E-state index contributed by atoms with van der Waals surface area (Å²) in [5.41, 5.74) is 5.69. The second kappa shape index (κ2) is 7.04. The van der Waals surface area contributed by atoms with Gasteiger partial charge < -0.3 is 15.5 Å². The lowest BCUT2D eigenvalue weighted by Crippen LogP contribution is -2.48. The van der Waals surface area contributed by atoms with Crippen molar-refractivity contribution in [3.8, 4) is 0 Å². The van der Waals surface area contributed by atoms with Crippen LogP contribution in [0.25, 0.3) is 0 Å². The molecule has 0 aromatic rings. The number of piperidine rings is 1. The first kappa shape index (κ1) is 15.4. The first-order chi connectivity index (χ1) is 8.47. The zero-order valence-electron chi connectivity index (χ0n) is 11.7. The van der Waals surface area contributed by atoms with Gasteiger partial charge in [0, 0.05) is 13.1 Å². The minimum Gasteiger partial charge on any atom is -0.393 e. The molecule has 1 aliphatic heterocycles. The summed E-state index contributed by atoms with van der Waals surface area (Å²) in [6, 6.07) is 0.336. The normalized spacial score (nSPS) is 19.5. The van der Waals surface area contributed by atoms with E-state index in [1.807, 2.05) is 18.9 Å². The molecule has 4 nitrogen and oxygen atoms in total. The van der Waals surface area contributed by atoms with E-state index in [9.17, 15) is 4.79 Å². The van der Waals surface area contributed by atoms with E-state index in [0.29, 0.717) is 11.0 Å². The van der Waals surface area contributed by atoms with Crippen LogP contribution in [0.15, 0.2) is 0 Å². The van der Waals surface area contributed by atoms with Gasteiger partial charge in [-0.1, -0.05) is 25.6 Å². The number of carbonyl (C=O) groups excluding carboxylic acids is 1. The molecule has 0 aromatic carbocycles. The molecule has 0 saturated carbocycles. The lowest BCUT2D eigenvalue weighted by molar-refractivity contribution is -0.135. The summed E-state index contributed by atoms with van der Waals surface area (Å²) in [7, 11) is 4.01. The highest BCUT2D eigenvalue weighted by atomic mass is 32.1. The average molecular weight is 271 g/mol. The maximum atomic E-state index is 12.4. The predicted molar refractivity (Wildman–Crippen MR) is 78.5 cm³/mol. The van der Waals surface area contributed by atoms with Crippen LogP contribution in [0.2, 0.25) is 0 Å². The highest BCUT2D eigenvalue weighted by Gasteiger charge is 2.29. The molecule has 1 unspecified atom stereocenters. The van der Waals surface area contributed by atoms with E-state index in [4.69, 9.17) is 18.0 Å². The molecule has 0 aromatic heterocycles. The molecular formula is C13H25N3OS. The molecule has 1 amide bonds. The minimum atomic E-state index is -0.283. The number of nitrogens with two attached hydrogens (primary N) is 1. The van der Waals surface area contributed by atoms with Gasteiger partial charge in [-0.2, -0.15) is 0 Å². The Morgan fingerprint density at radius 3 is 2.50 bits per heavy atom. The van der Waals surface area contributed by atoms with Gasteiger partial charge in [0.15, 0.2) is 0 Å². The highest BCUT2D eigenvalue weighted by molar-refractivity contribution is 7.80. The van der Waals surface area contributed by atoms with Crippen molar-refractivity contribution in [1.29, 1.82) is 0 Å². The number of hydrogen-bond acceptors (Lipinski definition) is 3. The van der Waals surface area contributed by atoms with Crippen molar-refractivity contribution >= 4 is 23.1 Å². The zero-order chi connectivity index (χ0) is 13.7. The lowest BCUT2D eigenvalue weighted by atomic mass is 9.98. The van der Waals surface area contributed by atoms with Crippen LogP contribution in [0.3, 0.4) is 0 Å². The minimum absolute atomic E-state index is 0.0962. The molecule has 1 heterocycles. The van der Waals surface area contributed by atoms with Gasteiger partial charge in [-0.25, -0.2) is 0 Å². The molecule has 1 rings (SSSR count). The quantitative estimate of drug-likeness (QED) is 0.764. The number of carbonyl (C=O) groups is 1. The second-order valence-electron chi connectivity index (χ2n) is 5.23. The molecule has 18 heavy (non-hydrogen) atoms.